The molecule has 0 saturated carbocycles. The van der Waals surface area contributed by atoms with Crippen LogP contribution in [0, 0.1) is 0 Å². The van der Waals surface area contributed by atoms with Crippen LogP contribution >= 0.6 is 0 Å². The van der Waals surface area contributed by atoms with E-state index in [4.69, 9.17) is 4.42 Å². The van der Waals surface area contributed by atoms with Gasteiger partial charge >= 0.3 is 0 Å². The molecule has 0 bridgehead atoms. The number of rotatable bonds is 5. The molecule has 1 aliphatic heterocycles. The average molecular weight is 481 g/mol. The summed E-state index contributed by atoms with van der Waals surface area (Å²) in [5, 5.41) is 22.0. The van der Waals surface area contributed by atoms with E-state index in [1.807, 2.05) is 71.8 Å². The Labute approximate surface area is 208 Å². The number of likely N-dealkylation sites (tertiary alicyclic amines) is 1. The molecule has 7 heteroatoms. The molecule has 0 radical (unpaired) electrons. The maximum absolute atomic E-state index is 13.1. The fourth-order valence-electron chi connectivity index (χ4n) is 5.18. The lowest BCUT2D eigenvalue weighted by molar-refractivity contribution is -0.135. The summed E-state index contributed by atoms with van der Waals surface area (Å²) >= 11 is 0. The first-order valence-corrected chi connectivity index (χ1v) is 12.5. The molecule has 2 aromatic heterocycles. The van der Waals surface area contributed by atoms with Crippen LogP contribution in [0.5, 0.6) is 0 Å². The van der Waals surface area contributed by atoms with Crippen LogP contribution in [0.3, 0.4) is 0 Å². The van der Waals surface area contributed by atoms with Crippen LogP contribution in [-0.4, -0.2) is 44.0 Å². The average Bonchev–Trinajstić information content (AvgIpc) is 3.55. The number of fused-ring (bicyclic) bond motifs is 3. The van der Waals surface area contributed by atoms with Gasteiger partial charge in [-0.2, -0.15) is 0 Å². The zero-order chi connectivity index (χ0) is 24.7. The van der Waals surface area contributed by atoms with E-state index in [1.54, 1.807) is 4.68 Å². The van der Waals surface area contributed by atoms with E-state index in [2.05, 4.69) is 23.3 Å². The van der Waals surface area contributed by atoms with Crippen molar-refractivity contribution in [2.45, 2.75) is 38.2 Å². The lowest BCUT2D eigenvalue weighted by atomic mass is 9.88. The number of piperidine rings is 1. The second-order valence-corrected chi connectivity index (χ2v) is 9.55. The van der Waals surface area contributed by atoms with E-state index in [1.165, 1.54) is 5.56 Å². The molecule has 36 heavy (non-hydrogen) atoms. The van der Waals surface area contributed by atoms with Crippen LogP contribution in [0.15, 0.2) is 77.3 Å². The van der Waals surface area contributed by atoms with Crippen molar-refractivity contribution in [1.82, 2.24) is 19.9 Å². The first kappa shape index (κ1) is 22.5. The highest BCUT2D eigenvalue weighted by molar-refractivity contribution is 6.05. The Morgan fingerprint density at radius 3 is 2.58 bits per heavy atom. The number of aromatic nitrogens is 3. The minimum absolute atomic E-state index is 0.0599. The molecule has 0 aliphatic carbocycles. The molecule has 0 atom stereocenters. The Balaban J connectivity index is 1.14. The summed E-state index contributed by atoms with van der Waals surface area (Å²) in [6.07, 6.45) is 3.88. The summed E-state index contributed by atoms with van der Waals surface area (Å²) in [7, 11) is 0. The third-order valence-electron chi connectivity index (χ3n) is 7.33. The first-order valence-electron chi connectivity index (χ1n) is 12.5. The molecular weight excluding hydrogens is 452 g/mol. The van der Waals surface area contributed by atoms with Gasteiger partial charge in [0.15, 0.2) is 0 Å². The second-order valence-electron chi connectivity index (χ2n) is 9.55. The van der Waals surface area contributed by atoms with Gasteiger partial charge in [0, 0.05) is 23.9 Å². The number of para-hydroxylation sites is 2. The van der Waals surface area contributed by atoms with Gasteiger partial charge in [-0.1, -0.05) is 54.6 Å². The van der Waals surface area contributed by atoms with Crippen molar-refractivity contribution in [2.75, 3.05) is 13.1 Å². The predicted molar refractivity (Wildman–Crippen MR) is 138 cm³/mol. The summed E-state index contributed by atoms with van der Waals surface area (Å²) in [5.74, 6) is 0.0599. The number of furan rings is 1. The van der Waals surface area contributed by atoms with Crippen molar-refractivity contribution < 1.29 is 14.3 Å². The minimum atomic E-state index is -1.09. The molecule has 1 N–H and O–H groups in total. The van der Waals surface area contributed by atoms with Gasteiger partial charge in [0.1, 0.15) is 22.5 Å². The van der Waals surface area contributed by atoms with E-state index < -0.39 is 5.60 Å². The number of carbonyl (C=O) groups excluding carboxylic acids is 1. The number of hydrogen-bond donors (Lipinski definition) is 1. The number of nitrogens with zero attached hydrogens (tertiary/aromatic N) is 4. The van der Waals surface area contributed by atoms with Crippen LogP contribution < -0.4 is 0 Å². The van der Waals surface area contributed by atoms with Crippen LogP contribution in [0.25, 0.3) is 27.6 Å². The van der Waals surface area contributed by atoms with Crippen molar-refractivity contribution in [2.24, 2.45) is 0 Å². The van der Waals surface area contributed by atoms with Crippen molar-refractivity contribution in [1.29, 1.82) is 0 Å². The quantitative estimate of drug-likeness (QED) is 0.391. The van der Waals surface area contributed by atoms with Gasteiger partial charge in [0.25, 0.3) is 0 Å². The SMILES string of the molecule is CCc1ccccc1-n1cc(C2(O)CCN(C(=O)Cc3ccc4oc5ccccc5c4c3)CC2)nn1. The largest absolute Gasteiger partial charge is 0.456 e. The Morgan fingerprint density at radius 1 is 1.00 bits per heavy atom. The van der Waals surface area contributed by atoms with Crippen molar-refractivity contribution in [3.8, 4) is 5.69 Å². The third kappa shape index (κ3) is 3.95. The molecule has 1 amide bonds. The van der Waals surface area contributed by atoms with E-state index in [9.17, 15) is 9.90 Å². The first-order chi connectivity index (χ1) is 17.5. The van der Waals surface area contributed by atoms with Crippen LogP contribution in [0.1, 0.15) is 36.6 Å². The van der Waals surface area contributed by atoms with Crippen LogP contribution in [-0.2, 0) is 23.2 Å². The van der Waals surface area contributed by atoms with Crippen molar-refractivity contribution in [3.63, 3.8) is 0 Å². The third-order valence-corrected chi connectivity index (χ3v) is 7.33. The highest BCUT2D eigenvalue weighted by atomic mass is 16.3. The van der Waals surface area contributed by atoms with Gasteiger partial charge in [-0.15, -0.1) is 5.10 Å². The lowest BCUT2D eigenvalue weighted by Gasteiger charge is -2.37. The Kier molecular flexibility index (Phi) is 5.57. The second kappa shape index (κ2) is 8.91. The predicted octanol–water partition coefficient (Wildman–Crippen LogP) is 4.78. The molecule has 6 rings (SSSR count). The van der Waals surface area contributed by atoms with E-state index in [-0.39, 0.29) is 5.91 Å². The molecule has 7 nitrogen and oxygen atoms in total. The number of aliphatic hydroxyl groups is 1. The van der Waals surface area contributed by atoms with Gasteiger partial charge < -0.3 is 14.4 Å². The molecule has 1 fully saturated rings. The highest BCUT2D eigenvalue weighted by Crippen LogP contribution is 2.33. The standard InChI is InChI=1S/C29H28N4O3/c1-2-21-7-3-5-9-24(21)33-19-27(30-31-33)29(35)13-15-32(16-14-29)28(34)18-20-11-12-26-23(17-20)22-8-4-6-10-25(22)36-26/h3-12,17,19,35H,2,13-16,18H2,1H3. The maximum atomic E-state index is 13.1. The zero-order valence-electron chi connectivity index (χ0n) is 20.2. The monoisotopic (exact) mass is 480 g/mol. The molecule has 3 aromatic carbocycles. The Hall–Kier alpha value is -3.97. The van der Waals surface area contributed by atoms with Gasteiger partial charge in [-0.05, 0) is 54.7 Å². The summed E-state index contributed by atoms with van der Waals surface area (Å²) in [6, 6.07) is 21.9. The number of amides is 1. The molecule has 3 heterocycles. The zero-order valence-corrected chi connectivity index (χ0v) is 20.2. The summed E-state index contributed by atoms with van der Waals surface area (Å²) in [4.78, 5) is 14.9. The Morgan fingerprint density at radius 2 is 1.75 bits per heavy atom. The van der Waals surface area contributed by atoms with Gasteiger partial charge in [-0.25, -0.2) is 4.68 Å². The highest BCUT2D eigenvalue weighted by Gasteiger charge is 2.38. The number of benzene rings is 3. The lowest BCUT2D eigenvalue weighted by Crippen LogP contribution is -2.45. The molecule has 1 aliphatic rings. The van der Waals surface area contributed by atoms with Gasteiger partial charge in [0.05, 0.1) is 18.3 Å². The maximum Gasteiger partial charge on any atom is 0.226 e. The molecule has 1 saturated heterocycles. The number of aryl methyl sites for hydroxylation is 1. The van der Waals surface area contributed by atoms with Gasteiger partial charge in [0.2, 0.25) is 5.91 Å². The van der Waals surface area contributed by atoms with Gasteiger partial charge in [-0.3, -0.25) is 4.79 Å². The van der Waals surface area contributed by atoms with E-state index in [0.29, 0.717) is 38.0 Å². The summed E-state index contributed by atoms with van der Waals surface area (Å²) < 4.78 is 7.64. The molecule has 5 aromatic rings. The minimum Gasteiger partial charge on any atom is -0.456 e. The van der Waals surface area contributed by atoms with Crippen LogP contribution in [0.2, 0.25) is 0 Å². The molecular formula is C29H28N4O3. The normalized spacial score (nSPS) is 15.6. The van der Waals surface area contributed by atoms with E-state index >= 15 is 0 Å². The molecule has 182 valence electrons. The number of hydrogen-bond acceptors (Lipinski definition) is 5. The summed E-state index contributed by atoms with van der Waals surface area (Å²) in [5.41, 5.74) is 4.23. The smallest absolute Gasteiger partial charge is 0.226 e. The van der Waals surface area contributed by atoms with Crippen molar-refractivity contribution >= 4 is 27.8 Å². The van der Waals surface area contributed by atoms with Crippen LogP contribution in [0.4, 0.5) is 0 Å². The topological polar surface area (TPSA) is 84.4 Å². The number of carbonyl (C=O) groups is 1. The fourth-order valence-corrected chi connectivity index (χ4v) is 5.18. The fraction of sp³-hybridized carbons (Fsp3) is 0.276. The summed E-state index contributed by atoms with van der Waals surface area (Å²) in [6.45, 7) is 3.06. The molecule has 0 spiro atoms. The Bertz CT molecular complexity index is 1560. The molecule has 0 unspecified atom stereocenters. The van der Waals surface area contributed by atoms with Crippen molar-refractivity contribution in [3.05, 3.63) is 89.7 Å². The van der Waals surface area contributed by atoms with E-state index in [0.717, 1.165) is 39.6 Å².